The lowest BCUT2D eigenvalue weighted by Crippen LogP contribution is -2.30. The predicted octanol–water partition coefficient (Wildman–Crippen LogP) is 4.29. The molecule has 138 valence electrons. The molecule has 0 heterocycles. The Labute approximate surface area is 149 Å². The minimum atomic E-state index is -2.99. The van der Waals surface area contributed by atoms with Crippen LogP contribution in [-0.2, 0) is 4.79 Å². The van der Waals surface area contributed by atoms with Crippen LogP contribution in [0.4, 0.5) is 14.5 Å². The van der Waals surface area contributed by atoms with Gasteiger partial charge in [-0.2, -0.15) is 8.78 Å². The lowest BCUT2D eigenvalue weighted by atomic mass is 10.1. The Hall–Kier alpha value is -2.96. The molecule has 0 saturated heterocycles. The number of para-hydroxylation sites is 2. The first kappa shape index (κ1) is 19.4. The van der Waals surface area contributed by atoms with Crippen molar-refractivity contribution in [1.82, 2.24) is 0 Å². The summed E-state index contributed by atoms with van der Waals surface area (Å²) in [5.41, 5.74) is 0.687. The van der Waals surface area contributed by atoms with Crippen LogP contribution < -0.4 is 14.8 Å². The third kappa shape index (κ3) is 5.27. The largest absolute Gasteiger partial charge is 0.481 e. The molecule has 7 heteroatoms. The summed E-state index contributed by atoms with van der Waals surface area (Å²) in [4.78, 5) is 23.8. The highest BCUT2D eigenvalue weighted by atomic mass is 19.3. The van der Waals surface area contributed by atoms with Crippen molar-refractivity contribution in [2.24, 2.45) is 0 Å². The summed E-state index contributed by atoms with van der Waals surface area (Å²) in [6, 6.07) is 12.3. The van der Waals surface area contributed by atoms with E-state index in [4.69, 9.17) is 4.74 Å². The van der Waals surface area contributed by atoms with E-state index in [0.29, 0.717) is 17.7 Å². The van der Waals surface area contributed by atoms with Gasteiger partial charge in [-0.25, -0.2) is 0 Å². The van der Waals surface area contributed by atoms with Crippen molar-refractivity contribution in [2.75, 3.05) is 5.32 Å². The van der Waals surface area contributed by atoms with Crippen molar-refractivity contribution in [3.05, 3.63) is 54.1 Å². The van der Waals surface area contributed by atoms with E-state index in [1.165, 1.54) is 25.1 Å². The lowest BCUT2D eigenvalue weighted by Gasteiger charge is -2.16. The van der Waals surface area contributed by atoms with Crippen molar-refractivity contribution in [2.45, 2.75) is 33.0 Å². The van der Waals surface area contributed by atoms with Crippen molar-refractivity contribution >= 4 is 17.4 Å². The SMILES string of the molecule is CCC(=O)c1ccc(OC(C)C(=O)Nc2ccccc2OC(F)F)cc1. The summed E-state index contributed by atoms with van der Waals surface area (Å²) < 4.78 is 34.7. The second kappa shape index (κ2) is 8.94. The van der Waals surface area contributed by atoms with Gasteiger partial charge in [0.05, 0.1) is 5.69 Å². The summed E-state index contributed by atoms with van der Waals surface area (Å²) in [5, 5.41) is 2.50. The number of hydrogen-bond donors (Lipinski definition) is 1. The number of rotatable bonds is 8. The van der Waals surface area contributed by atoms with E-state index in [-0.39, 0.29) is 17.2 Å². The minimum absolute atomic E-state index is 0.0120. The first-order valence-electron chi connectivity index (χ1n) is 8.05. The Bertz CT molecular complexity index is 762. The summed E-state index contributed by atoms with van der Waals surface area (Å²) in [6.07, 6.45) is -0.485. The predicted molar refractivity (Wildman–Crippen MR) is 92.9 cm³/mol. The molecule has 0 aliphatic rings. The van der Waals surface area contributed by atoms with Crippen LogP contribution >= 0.6 is 0 Å². The summed E-state index contributed by atoms with van der Waals surface area (Å²) in [6.45, 7) is 0.303. The number of Topliss-reactive ketones (excluding diaryl/α,β-unsaturated/α-hetero) is 1. The van der Waals surface area contributed by atoms with Gasteiger partial charge in [-0.1, -0.05) is 19.1 Å². The maximum Gasteiger partial charge on any atom is 0.387 e. The van der Waals surface area contributed by atoms with Gasteiger partial charge in [0.15, 0.2) is 11.9 Å². The second-order valence-corrected chi connectivity index (χ2v) is 5.43. The fourth-order valence-corrected chi connectivity index (χ4v) is 2.18. The zero-order valence-corrected chi connectivity index (χ0v) is 14.4. The van der Waals surface area contributed by atoms with E-state index in [9.17, 15) is 18.4 Å². The molecule has 2 aromatic carbocycles. The fourth-order valence-electron chi connectivity index (χ4n) is 2.18. The Morgan fingerprint density at radius 2 is 1.69 bits per heavy atom. The first-order chi connectivity index (χ1) is 12.4. The van der Waals surface area contributed by atoms with Crippen LogP contribution in [-0.4, -0.2) is 24.4 Å². The zero-order valence-electron chi connectivity index (χ0n) is 14.4. The van der Waals surface area contributed by atoms with Crippen molar-refractivity contribution in [1.29, 1.82) is 0 Å². The molecule has 1 unspecified atom stereocenters. The van der Waals surface area contributed by atoms with Crippen molar-refractivity contribution < 1.29 is 27.8 Å². The van der Waals surface area contributed by atoms with Crippen LogP contribution in [0, 0.1) is 0 Å². The number of ether oxygens (including phenoxy) is 2. The van der Waals surface area contributed by atoms with Crippen LogP contribution in [0.1, 0.15) is 30.6 Å². The van der Waals surface area contributed by atoms with Gasteiger partial charge in [-0.15, -0.1) is 0 Å². The van der Waals surface area contributed by atoms with Gasteiger partial charge in [0.25, 0.3) is 5.91 Å². The molecule has 0 aromatic heterocycles. The monoisotopic (exact) mass is 363 g/mol. The Kier molecular flexibility index (Phi) is 6.66. The van der Waals surface area contributed by atoms with Gasteiger partial charge >= 0.3 is 6.61 Å². The van der Waals surface area contributed by atoms with Gasteiger partial charge in [-0.3, -0.25) is 9.59 Å². The fraction of sp³-hybridized carbons (Fsp3) is 0.263. The Morgan fingerprint density at radius 1 is 1.04 bits per heavy atom. The van der Waals surface area contributed by atoms with Gasteiger partial charge in [0.1, 0.15) is 11.5 Å². The minimum Gasteiger partial charge on any atom is -0.481 e. The number of alkyl halides is 2. The van der Waals surface area contributed by atoms with E-state index in [1.807, 2.05) is 0 Å². The molecule has 1 N–H and O–H groups in total. The third-order valence-corrected chi connectivity index (χ3v) is 3.54. The molecule has 2 rings (SSSR count). The molecular formula is C19H19F2NO4. The average molecular weight is 363 g/mol. The number of anilines is 1. The molecule has 0 aliphatic carbocycles. The highest BCUT2D eigenvalue weighted by Crippen LogP contribution is 2.26. The Morgan fingerprint density at radius 3 is 2.31 bits per heavy atom. The molecular weight excluding hydrogens is 344 g/mol. The van der Waals surface area contributed by atoms with Crippen molar-refractivity contribution in [3.8, 4) is 11.5 Å². The number of nitrogens with one attached hydrogen (secondary N) is 1. The van der Waals surface area contributed by atoms with Gasteiger partial charge in [0, 0.05) is 12.0 Å². The molecule has 1 amide bonds. The van der Waals surface area contributed by atoms with Gasteiger partial charge < -0.3 is 14.8 Å². The standard InChI is InChI=1S/C19H19F2NO4/c1-3-16(23)13-8-10-14(11-9-13)25-12(2)18(24)22-15-6-4-5-7-17(15)26-19(20)21/h4-12,19H,3H2,1-2H3,(H,22,24). The molecule has 2 aromatic rings. The quantitative estimate of drug-likeness (QED) is 0.711. The number of halogens is 2. The highest BCUT2D eigenvalue weighted by Gasteiger charge is 2.18. The van der Waals surface area contributed by atoms with E-state index in [1.54, 1.807) is 37.3 Å². The average Bonchev–Trinajstić information content (AvgIpc) is 2.62. The number of carbonyl (C=O) groups is 2. The smallest absolute Gasteiger partial charge is 0.387 e. The first-order valence-corrected chi connectivity index (χ1v) is 8.05. The molecule has 26 heavy (non-hydrogen) atoms. The second-order valence-electron chi connectivity index (χ2n) is 5.43. The van der Waals surface area contributed by atoms with Crippen LogP contribution in [0.5, 0.6) is 11.5 Å². The maximum atomic E-state index is 12.4. The van der Waals surface area contributed by atoms with E-state index >= 15 is 0 Å². The Balaban J connectivity index is 2.01. The lowest BCUT2D eigenvalue weighted by molar-refractivity contribution is -0.122. The number of amides is 1. The van der Waals surface area contributed by atoms with Crippen molar-refractivity contribution in [3.63, 3.8) is 0 Å². The number of hydrogen-bond acceptors (Lipinski definition) is 4. The molecule has 0 spiro atoms. The molecule has 0 radical (unpaired) electrons. The molecule has 0 aliphatic heterocycles. The maximum absolute atomic E-state index is 12.4. The zero-order chi connectivity index (χ0) is 19.1. The molecule has 1 atom stereocenters. The normalized spacial score (nSPS) is 11.7. The number of carbonyl (C=O) groups excluding carboxylic acids is 2. The molecule has 0 fully saturated rings. The molecule has 0 bridgehead atoms. The van der Waals surface area contributed by atoms with Crippen LogP contribution in [0.2, 0.25) is 0 Å². The third-order valence-electron chi connectivity index (χ3n) is 3.54. The van der Waals surface area contributed by atoms with E-state index in [0.717, 1.165) is 0 Å². The van der Waals surface area contributed by atoms with E-state index in [2.05, 4.69) is 10.1 Å². The van der Waals surface area contributed by atoms with Gasteiger partial charge in [0.2, 0.25) is 0 Å². The van der Waals surface area contributed by atoms with Crippen LogP contribution in [0.15, 0.2) is 48.5 Å². The number of benzene rings is 2. The molecule has 5 nitrogen and oxygen atoms in total. The topological polar surface area (TPSA) is 64.6 Å². The highest BCUT2D eigenvalue weighted by molar-refractivity contribution is 5.96. The summed E-state index contributed by atoms with van der Waals surface area (Å²) >= 11 is 0. The van der Waals surface area contributed by atoms with Crippen LogP contribution in [0.3, 0.4) is 0 Å². The summed E-state index contributed by atoms with van der Waals surface area (Å²) in [7, 11) is 0. The van der Waals surface area contributed by atoms with Crippen LogP contribution in [0.25, 0.3) is 0 Å². The van der Waals surface area contributed by atoms with Gasteiger partial charge in [-0.05, 0) is 43.3 Å². The summed E-state index contributed by atoms with van der Waals surface area (Å²) in [5.74, 6) is -0.232. The number of ketones is 1. The molecule has 0 saturated carbocycles. The van der Waals surface area contributed by atoms with E-state index < -0.39 is 18.6 Å².